The van der Waals surface area contributed by atoms with E-state index in [-0.39, 0.29) is 17.8 Å². The second-order valence-corrected chi connectivity index (χ2v) is 6.07. The van der Waals surface area contributed by atoms with Crippen molar-refractivity contribution in [3.05, 3.63) is 28.7 Å². The zero-order valence-corrected chi connectivity index (χ0v) is 13.6. The van der Waals surface area contributed by atoms with Crippen LogP contribution in [0.15, 0.2) is 28.7 Å². The van der Waals surface area contributed by atoms with E-state index in [1.807, 2.05) is 29.2 Å². The molecule has 0 radical (unpaired) electrons. The smallest absolute Gasteiger partial charge is 0.309 e. The molecular formula is C15H19BrN2O3. The van der Waals surface area contributed by atoms with Crippen molar-refractivity contribution >= 4 is 33.5 Å². The van der Waals surface area contributed by atoms with Gasteiger partial charge in [-0.1, -0.05) is 15.9 Å². The zero-order chi connectivity index (χ0) is 15.2. The van der Waals surface area contributed by atoms with E-state index in [1.165, 1.54) is 7.11 Å². The molecule has 0 aliphatic carbocycles. The molecule has 1 N–H and O–H groups in total. The van der Waals surface area contributed by atoms with E-state index in [4.69, 9.17) is 4.74 Å². The maximum absolute atomic E-state index is 12.0. The number of ether oxygens (including phenoxy) is 1. The van der Waals surface area contributed by atoms with Crippen LogP contribution in [0, 0.1) is 5.92 Å². The molecule has 1 saturated heterocycles. The Bertz CT molecular complexity index is 504. The van der Waals surface area contributed by atoms with Crippen LogP contribution in [0.1, 0.15) is 12.8 Å². The van der Waals surface area contributed by atoms with Gasteiger partial charge in [0.05, 0.1) is 19.6 Å². The normalized spacial score (nSPS) is 19.0. The fraction of sp³-hybridized carbons (Fsp3) is 0.467. The number of benzene rings is 1. The van der Waals surface area contributed by atoms with E-state index in [0.29, 0.717) is 13.1 Å². The lowest BCUT2D eigenvalue weighted by atomic mass is 9.98. The SMILES string of the molecule is COC(=O)C1CCCN(CC(=O)Nc2ccc(Br)cc2)C1. The Labute approximate surface area is 132 Å². The van der Waals surface area contributed by atoms with Crippen LogP contribution in [0.4, 0.5) is 5.69 Å². The highest BCUT2D eigenvalue weighted by Crippen LogP contribution is 2.18. The van der Waals surface area contributed by atoms with Crippen LogP contribution >= 0.6 is 15.9 Å². The summed E-state index contributed by atoms with van der Waals surface area (Å²) >= 11 is 3.35. The van der Waals surface area contributed by atoms with Crippen molar-refractivity contribution in [1.29, 1.82) is 0 Å². The Kier molecular flexibility index (Phi) is 5.76. The summed E-state index contributed by atoms with van der Waals surface area (Å²) in [5, 5.41) is 2.86. The maximum atomic E-state index is 12.0. The van der Waals surface area contributed by atoms with Gasteiger partial charge in [-0.25, -0.2) is 0 Å². The molecule has 1 aromatic carbocycles. The van der Waals surface area contributed by atoms with E-state index in [1.54, 1.807) is 0 Å². The number of nitrogens with zero attached hydrogens (tertiary/aromatic N) is 1. The minimum atomic E-state index is -0.187. The summed E-state index contributed by atoms with van der Waals surface area (Å²) in [6, 6.07) is 7.44. The third-order valence-electron chi connectivity index (χ3n) is 3.54. The number of methoxy groups -OCH3 is 1. The third kappa shape index (κ3) is 4.82. The molecule has 0 bridgehead atoms. The Hall–Kier alpha value is -1.40. The number of carbonyl (C=O) groups excluding carboxylic acids is 2. The van der Waals surface area contributed by atoms with Crippen molar-refractivity contribution in [1.82, 2.24) is 4.90 Å². The van der Waals surface area contributed by atoms with Gasteiger partial charge in [0.1, 0.15) is 0 Å². The van der Waals surface area contributed by atoms with Crippen LogP contribution in [0.2, 0.25) is 0 Å². The maximum Gasteiger partial charge on any atom is 0.309 e. The second kappa shape index (κ2) is 7.56. The summed E-state index contributed by atoms with van der Waals surface area (Å²) in [7, 11) is 1.40. The highest BCUT2D eigenvalue weighted by atomic mass is 79.9. The first-order valence-corrected chi connectivity index (χ1v) is 7.73. The van der Waals surface area contributed by atoms with Crippen LogP contribution in [-0.4, -0.2) is 43.5 Å². The molecule has 1 aliphatic rings. The summed E-state index contributed by atoms with van der Waals surface area (Å²) < 4.78 is 5.75. The number of rotatable bonds is 4. The zero-order valence-electron chi connectivity index (χ0n) is 12.0. The van der Waals surface area contributed by atoms with E-state index >= 15 is 0 Å². The molecule has 1 fully saturated rings. The Morgan fingerprint density at radius 3 is 2.76 bits per heavy atom. The van der Waals surface area contributed by atoms with Crippen molar-refractivity contribution in [3.63, 3.8) is 0 Å². The number of esters is 1. The lowest BCUT2D eigenvalue weighted by molar-refractivity contribution is -0.147. The third-order valence-corrected chi connectivity index (χ3v) is 4.06. The molecule has 0 aromatic heterocycles. The lowest BCUT2D eigenvalue weighted by Crippen LogP contribution is -2.42. The van der Waals surface area contributed by atoms with E-state index < -0.39 is 0 Å². The van der Waals surface area contributed by atoms with Gasteiger partial charge in [-0.15, -0.1) is 0 Å². The molecule has 1 amide bonds. The minimum Gasteiger partial charge on any atom is -0.469 e. The summed E-state index contributed by atoms with van der Waals surface area (Å²) in [5.74, 6) is -0.375. The fourth-order valence-electron chi connectivity index (χ4n) is 2.50. The van der Waals surface area contributed by atoms with Gasteiger partial charge in [0.15, 0.2) is 0 Å². The fourth-order valence-corrected chi connectivity index (χ4v) is 2.76. The molecule has 2 rings (SSSR count). The van der Waals surface area contributed by atoms with Crippen LogP contribution in [0.5, 0.6) is 0 Å². The Morgan fingerprint density at radius 2 is 2.10 bits per heavy atom. The number of hydrogen-bond acceptors (Lipinski definition) is 4. The van der Waals surface area contributed by atoms with Crippen molar-refractivity contribution < 1.29 is 14.3 Å². The topological polar surface area (TPSA) is 58.6 Å². The average molecular weight is 355 g/mol. The molecule has 6 heteroatoms. The summed E-state index contributed by atoms with van der Waals surface area (Å²) in [6.07, 6.45) is 1.74. The van der Waals surface area contributed by atoms with Crippen molar-refractivity contribution in [2.45, 2.75) is 12.8 Å². The van der Waals surface area contributed by atoms with Gasteiger partial charge in [0.2, 0.25) is 5.91 Å². The molecule has 114 valence electrons. The van der Waals surface area contributed by atoms with E-state index in [9.17, 15) is 9.59 Å². The van der Waals surface area contributed by atoms with Crippen LogP contribution in [-0.2, 0) is 14.3 Å². The average Bonchev–Trinajstić information content (AvgIpc) is 2.49. The highest BCUT2D eigenvalue weighted by Gasteiger charge is 2.27. The number of piperidine rings is 1. The van der Waals surface area contributed by atoms with Gasteiger partial charge in [-0.2, -0.15) is 0 Å². The predicted octanol–water partition coefficient (Wildman–Crippen LogP) is 2.27. The molecule has 21 heavy (non-hydrogen) atoms. The largest absolute Gasteiger partial charge is 0.469 e. The standard InChI is InChI=1S/C15H19BrN2O3/c1-21-15(20)11-3-2-8-18(9-11)10-14(19)17-13-6-4-12(16)5-7-13/h4-7,11H,2-3,8-10H2,1H3,(H,17,19). The summed E-state index contributed by atoms with van der Waals surface area (Å²) in [6.45, 7) is 1.71. The number of carbonyl (C=O) groups is 2. The van der Waals surface area contributed by atoms with Crippen LogP contribution in [0.3, 0.4) is 0 Å². The lowest BCUT2D eigenvalue weighted by Gasteiger charge is -2.30. The summed E-state index contributed by atoms with van der Waals surface area (Å²) in [4.78, 5) is 25.6. The Balaban J connectivity index is 1.84. The molecule has 1 heterocycles. The number of nitrogens with one attached hydrogen (secondary N) is 1. The van der Waals surface area contributed by atoms with Crippen molar-refractivity contribution in [3.8, 4) is 0 Å². The molecule has 0 spiro atoms. The van der Waals surface area contributed by atoms with E-state index in [0.717, 1.165) is 29.5 Å². The molecule has 0 saturated carbocycles. The number of hydrogen-bond donors (Lipinski definition) is 1. The quantitative estimate of drug-likeness (QED) is 0.842. The van der Waals surface area contributed by atoms with Crippen molar-refractivity contribution in [2.75, 3.05) is 32.1 Å². The first kappa shape index (κ1) is 16.0. The second-order valence-electron chi connectivity index (χ2n) is 5.15. The van der Waals surface area contributed by atoms with Gasteiger partial charge in [-0.3, -0.25) is 14.5 Å². The number of amides is 1. The summed E-state index contributed by atoms with van der Waals surface area (Å²) in [5.41, 5.74) is 0.768. The number of halogens is 1. The van der Waals surface area contributed by atoms with E-state index in [2.05, 4.69) is 21.2 Å². The van der Waals surface area contributed by atoms with Gasteiger partial charge >= 0.3 is 5.97 Å². The first-order valence-electron chi connectivity index (χ1n) is 6.94. The van der Waals surface area contributed by atoms with Crippen LogP contribution < -0.4 is 5.32 Å². The number of anilines is 1. The monoisotopic (exact) mass is 354 g/mol. The van der Waals surface area contributed by atoms with Gasteiger partial charge < -0.3 is 10.1 Å². The molecule has 1 aliphatic heterocycles. The van der Waals surface area contributed by atoms with Crippen molar-refractivity contribution in [2.24, 2.45) is 5.92 Å². The molecule has 1 unspecified atom stereocenters. The molecule has 1 aromatic rings. The molecule has 5 nitrogen and oxygen atoms in total. The first-order chi connectivity index (χ1) is 10.1. The van der Waals surface area contributed by atoms with Gasteiger partial charge in [0.25, 0.3) is 0 Å². The molecule has 1 atom stereocenters. The minimum absolute atomic E-state index is 0.0668. The predicted molar refractivity (Wildman–Crippen MR) is 84.0 cm³/mol. The number of likely N-dealkylation sites (tertiary alicyclic amines) is 1. The van der Waals surface area contributed by atoms with Gasteiger partial charge in [-0.05, 0) is 43.7 Å². The molecular weight excluding hydrogens is 336 g/mol. The highest BCUT2D eigenvalue weighted by molar-refractivity contribution is 9.10. The van der Waals surface area contributed by atoms with Gasteiger partial charge in [0, 0.05) is 16.7 Å². The Morgan fingerprint density at radius 1 is 1.38 bits per heavy atom. The van der Waals surface area contributed by atoms with Crippen LogP contribution in [0.25, 0.3) is 0 Å².